The first-order valence-electron chi connectivity index (χ1n) is 10.7. The lowest BCUT2D eigenvalue weighted by Gasteiger charge is -2.22. The summed E-state index contributed by atoms with van der Waals surface area (Å²) < 4.78 is 52.5. The quantitative estimate of drug-likeness (QED) is 0.380. The molecule has 7 nitrogen and oxygen atoms in total. The minimum absolute atomic E-state index is 0.0229. The second kappa shape index (κ2) is 14.5. The van der Waals surface area contributed by atoms with Crippen molar-refractivity contribution < 1.29 is 42.1 Å². The van der Waals surface area contributed by atoms with Gasteiger partial charge in [-0.2, -0.15) is 13.2 Å². The van der Waals surface area contributed by atoms with Crippen molar-refractivity contribution in [1.82, 2.24) is 4.90 Å². The number of amides is 1. The molecule has 0 fully saturated rings. The van der Waals surface area contributed by atoms with Gasteiger partial charge in [0.25, 0.3) is 0 Å². The number of carboxylic acids is 1. The van der Waals surface area contributed by atoms with Crippen molar-refractivity contribution in [3.8, 4) is 5.75 Å². The Morgan fingerprint density at radius 1 is 1.03 bits per heavy atom. The van der Waals surface area contributed by atoms with Crippen molar-refractivity contribution in [3.63, 3.8) is 0 Å². The molecule has 0 spiro atoms. The monoisotopic (exact) mass is 463 g/mol. The molecule has 0 bridgehead atoms. The first-order chi connectivity index (χ1) is 15.2. The lowest BCUT2D eigenvalue weighted by Crippen LogP contribution is -2.36. The zero-order chi connectivity index (χ0) is 24.0. The molecular weight excluding hydrogens is 431 g/mol. The number of alkyl halides is 3. The number of hydrogen-bond acceptors (Lipinski definition) is 5. The van der Waals surface area contributed by atoms with E-state index in [0.29, 0.717) is 25.2 Å². The van der Waals surface area contributed by atoms with Crippen LogP contribution in [-0.2, 0) is 20.7 Å². The summed E-state index contributed by atoms with van der Waals surface area (Å²) in [5.41, 5.74) is 0.783. The van der Waals surface area contributed by atoms with E-state index in [-0.39, 0.29) is 39.1 Å². The molecule has 0 aliphatic rings. The van der Waals surface area contributed by atoms with Crippen LogP contribution in [0, 0.1) is 0 Å². The fourth-order valence-electron chi connectivity index (χ4n) is 2.94. The summed E-state index contributed by atoms with van der Waals surface area (Å²) in [5.74, 6) is -0.476. The number of rotatable bonds is 15. The van der Waals surface area contributed by atoms with Gasteiger partial charge in [-0.25, -0.2) is 9.59 Å². The van der Waals surface area contributed by atoms with E-state index in [9.17, 15) is 22.8 Å². The van der Waals surface area contributed by atoms with E-state index in [2.05, 4.69) is 0 Å². The minimum Gasteiger partial charge on any atom is -0.492 e. The van der Waals surface area contributed by atoms with E-state index in [1.54, 1.807) is 38.1 Å². The number of carboxylic acid groups (broad SMARTS) is 1. The Morgan fingerprint density at radius 2 is 1.72 bits per heavy atom. The molecule has 10 heteroatoms. The molecule has 1 N–H and O–H groups in total. The highest BCUT2D eigenvalue weighted by Crippen LogP contribution is 2.22. The molecule has 0 aliphatic heterocycles. The molecule has 1 rings (SSSR count). The lowest BCUT2D eigenvalue weighted by molar-refractivity contribution is -0.150. The average Bonchev–Trinajstić information content (AvgIpc) is 2.72. The number of carbonyl (C=O) groups excluding carboxylic acids is 1. The maximum Gasteiger partial charge on any atom is 0.409 e. The highest BCUT2D eigenvalue weighted by Gasteiger charge is 2.26. The molecule has 1 aromatic carbocycles. The number of unbranched alkanes of at least 4 members (excludes halogenated alkanes) is 2. The van der Waals surface area contributed by atoms with Crippen molar-refractivity contribution in [2.24, 2.45) is 0 Å². The topological polar surface area (TPSA) is 85.3 Å². The van der Waals surface area contributed by atoms with Crippen LogP contribution in [0.2, 0.25) is 0 Å². The number of benzene rings is 1. The van der Waals surface area contributed by atoms with Crippen molar-refractivity contribution in [1.29, 1.82) is 0 Å². The Balaban J connectivity index is 2.49. The van der Waals surface area contributed by atoms with E-state index in [1.165, 1.54) is 4.90 Å². The fraction of sp³-hybridized carbons (Fsp3) is 0.636. The molecule has 0 aromatic heterocycles. The van der Waals surface area contributed by atoms with Crippen molar-refractivity contribution >= 4 is 12.1 Å². The van der Waals surface area contributed by atoms with E-state index >= 15 is 0 Å². The molecule has 182 valence electrons. The van der Waals surface area contributed by atoms with Gasteiger partial charge in [0.15, 0.2) is 6.10 Å². The Labute approximate surface area is 186 Å². The second-order valence-corrected chi connectivity index (χ2v) is 7.09. The van der Waals surface area contributed by atoms with Crippen LogP contribution in [0.1, 0.15) is 45.1 Å². The first kappa shape index (κ1) is 27.5. The Bertz CT molecular complexity index is 681. The van der Waals surface area contributed by atoms with Crippen molar-refractivity contribution in [2.75, 3.05) is 32.9 Å². The molecule has 0 heterocycles. The summed E-state index contributed by atoms with van der Waals surface area (Å²) in [7, 11) is 0. The first-order valence-corrected chi connectivity index (χ1v) is 10.7. The van der Waals surface area contributed by atoms with Gasteiger partial charge >= 0.3 is 18.2 Å². The van der Waals surface area contributed by atoms with Gasteiger partial charge in [0.05, 0.1) is 13.2 Å². The van der Waals surface area contributed by atoms with Crippen LogP contribution in [0.5, 0.6) is 5.75 Å². The number of carbonyl (C=O) groups is 2. The second-order valence-electron chi connectivity index (χ2n) is 7.09. The number of ether oxygens (including phenoxy) is 3. The van der Waals surface area contributed by atoms with Gasteiger partial charge < -0.3 is 24.2 Å². The van der Waals surface area contributed by atoms with Crippen molar-refractivity contribution in [2.45, 2.75) is 58.2 Å². The standard InChI is InChI=1S/C22H32F3NO6/c1-3-30-19(20(27)28)16-17-8-10-18(11-9-17)32-15-14-26(21(29)31-4-2)13-7-5-6-12-22(23,24)25/h8-11,19H,3-7,12-16H2,1-2H3,(H,27,28). The molecule has 0 aliphatic carbocycles. The zero-order valence-electron chi connectivity index (χ0n) is 18.5. The number of aliphatic carboxylic acids is 1. The molecule has 0 radical (unpaired) electrons. The fourth-order valence-corrected chi connectivity index (χ4v) is 2.94. The lowest BCUT2D eigenvalue weighted by atomic mass is 10.1. The minimum atomic E-state index is -4.16. The largest absolute Gasteiger partial charge is 0.492 e. The van der Waals surface area contributed by atoms with Crippen LogP contribution >= 0.6 is 0 Å². The van der Waals surface area contributed by atoms with Gasteiger partial charge in [-0.1, -0.05) is 18.6 Å². The van der Waals surface area contributed by atoms with Gasteiger partial charge in [0.2, 0.25) is 0 Å². The van der Waals surface area contributed by atoms with Crippen LogP contribution < -0.4 is 4.74 Å². The average molecular weight is 463 g/mol. The predicted molar refractivity (Wildman–Crippen MR) is 112 cm³/mol. The molecule has 32 heavy (non-hydrogen) atoms. The third-order valence-corrected chi connectivity index (χ3v) is 4.53. The van der Waals surface area contributed by atoms with E-state index < -0.39 is 30.8 Å². The van der Waals surface area contributed by atoms with Crippen LogP contribution in [0.4, 0.5) is 18.0 Å². The summed E-state index contributed by atoms with van der Waals surface area (Å²) in [6.07, 6.45) is -5.39. The van der Waals surface area contributed by atoms with Crippen molar-refractivity contribution in [3.05, 3.63) is 29.8 Å². The van der Waals surface area contributed by atoms with Gasteiger partial charge in [0.1, 0.15) is 12.4 Å². The number of halogens is 3. The highest BCUT2D eigenvalue weighted by molar-refractivity contribution is 5.72. The maximum absolute atomic E-state index is 12.2. The molecule has 1 unspecified atom stereocenters. The zero-order valence-corrected chi connectivity index (χ0v) is 18.5. The summed E-state index contributed by atoms with van der Waals surface area (Å²) in [4.78, 5) is 24.7. The third kappa shape index (κ3) is 11.8. The smallest absolute Gasteiger partial charge is 0.409 e. The summed E-state index contributed by atoms with van der Waals surface area (Å²) in [6, 6.07) is 6.89. The molecule has 1 aromatic rings. The predicted octanol–water partition coefficient (Wildman–Crippen LogP) is 4.68. The molecule has 1 atom stereocenters. The summed E-state index contributed by atoms with van der Waals surface area (Å²) >= 11 is 0. The van der Waals surface area contributed by atoms with Gasteiger partial charge in [-0.15, -0.1) is 0 Å². The Hall–Kier alpha value is -2.49. The van der Waals surface area contributed by atoms with Gasteiger partial charge in [0, 0.05) is 26.0 Å². The molecule has 0 saturated heterocycles. The van der Waals surface area contributed by atoms with Crippen LogP contribution in [0.25, 0.3) is 0 Å². The number of nitrogens with zero attached hydrogens (tertiary/aromatic N) is 1. The van der Waals surface area contributed by atoms with Crippen LogP contribution in [-0.4, -0.2) is 67.3 Å². The van der Waals surface area contributed by atoms with Crippen LogP contribution in [0.3, 0.4) is 0 Å². The van der Waals surface area contributed by atoms with Crippen LogP contribution in [0.15, 0.2) is 24.3 Å². The summed E-state index contributed by atoms with van der Waals surface area (Å²) in [5, 5.41) is 9.16. The molecule has 0 saturated carbocycles. The van der Waals surface area contributed by atoms with E-state index in [4.69, 9.17) is 19.3 Å². The number of hydrogen-bond donors (Lipinski definition) is 1. The van der Waals surface area contributed by atoms with E-state index in [1.807, 2.05) is 0 Å². The van der Waals surface area contributed by atoms with Gasteiger partial charge in [-0.05, 0) is 44.4 Å². The Kier molecular flexibility index (Phi) is 12.5. The van der Waals surface area contributed by atoms with Gasteiger partial charge in [-0.3, -0.25) is 0 Å². The summed E-state index contributed by atoms with van der Waals surface area (Å²) in [6.45, 7) is 4.60. The SMILES string of the molecule is CCOC(=O)N(CCCCCC(F)(F)F)CCOc1ccc(CC(OCC)C(=O)O)cc1. The normalized spacial score (nSPS) is 12.3. The molecular formula is C22H32F3NO6. The van der Waals surface area contributed by atoms with E-state index in [0.717, 1.165) is 5.56 Å². The third-order valence-electron chi connectivity index (χ3n) is 4.53. The highest BCUT2D eigenvalue weighted by atomic mass is 19.4. The maximum atomic E-state index is 12.2. The molecule has 1 amide bonds. The Morgan fingerprint density at radius 3 is 2.28 bits per heavy atom.